The summed E-state index contributed by atoms with van der Waals surface area (Å²) in [6, 6.07) is 11.9. The lowest BCUT2D eigenvalue weighted by atomic mass is 10.1. The molecule has 0 unspecified atom stereocenters. The highest BCUT2D eigenvalue weighted by Crippen LogP contribution is 2.29. The SMILES string of the molecule is Cc1ccc(N=Cc2c(O)[nH]c3ccc(Br)cc23)c(C)c1. The van der Waals surface area contributed by atoms with Gasteiger partial charge in [-0.2, -0.15) is 0 Å². The van der Waals surface area contributed by atoms with E-state index in [4.69, 9.17) is 0 Å². The van der Waals surface area contributed by atoms with Gasteiger partial charge < -0.3 is 10.1 Å². The standard InChI is InChI=1S/C17H15BrN2O/c1-10-3-5-15(11(2)7-10)19-9-14-13-8-12(18)4-6-16(13)20-17(14)21/h3-9,20-21H,1-2H3. The van der Waals surface area contributed by atoms with Crippen LogP contribution in [0, 0.1) is 13.8 Å². The molecule has 3 nitrogen and oxygen atoms in total. The lowest BCUT2D eigenvalue weighted by Gasteiger charge is -2.01. The first-order valence-corrected chi connectivity index (χ1v) is 7.45. The molecule has 0 aliphatic rings. The van der Waals surface area contributed by atoms with Crippen molar-refractivity contribution in [2.75, 3.05) is 0 Å². The smallest absolute Gasteiger partial charge is 0.198 e. The number of aromatic amines is 1. The van der Waals surface area contributed by atoms with Crippen LogP contribution in [0.15, 0.2) is 45.9 Å². The maximum Gasteiger partial charge on any atom is 0.198 e. The highest BCUT2D eigenvalue weighted by molar-refractivity contribution is 9.10. The largest absolute Gasteiger partial charge is 0.494 e. The Balaban J connectivity index is 2.06. The molecule has 0 saturated carbocycles. The minimum Gasteiger partial charge on any atom is -0.494 e. The highest BCUT2D eigenvalue weighted by atomic mass is 79.9. The van der Waals surface area contributed by atoms with Gasteiger partial charge in [-0.15, -0.1) is 0 Å². The molecule has 0 radical (unpaired) electrons. The van der Waals surface area contributed by atoms with Crippen LogP contribution in [0.4, 0.5) is 5.69 Å². The van der Waals surface area contributed by atoms with Gasteiger partial charge >= 0.3 is 0 Å². The van der Waals surface area contributed by atoms with Gasteiger partial charge in [0.05, 0.1) is 11.3 Å². The van der Waals surface area contributed by atoms with E-state index in [1.807, 2.05) is 37.3 Å². The number of aliphatic imine (C=N–C) groups is 1. The summed E-state index contributed by atoms with van der Waals surface area (Å²) in [5, 5.41) is 11.0. The van der Waals surface area contributed by atoms with Crippen LogP contribution in [-0.2, 0) is 0 Å². The molecule has 0 aliphatic heterocycles. The van der Waals surface area contributed by atoms with Crippen molar-refractivity contribution >= 4 is 38.7 Å². The van der Waals surface area contributed by atoms with Crippen LogP contribution >= 0.6 is 15.9 Å². The second-order valence-electron chi connectivity index (χ2n) is 5.13. The zero-order chi connectivity index (χ0) is 15.0. The Hall–Kier alpha value is -2.07. The number of rotatable bonds is 2. The molecule has 21 heavy (non-hydrogen) atoms. The molecule has 1 aromatic heterocycles. The molecule has 106 valence electrons. The Morgan fingerprint density at radius 3 is 2.71 bits per heavy atom. The number of nitrogens with one attached hydrogen (secondary N) is 1. The van der Waals surface area contributed by atoms with E-state index >= 15 is 0 Å². The summed E-state index contributed by atoms with van der Waals surface area (Å²) in [7, 11) is 0. The van der Waals surface area contributed by atoms with Crippen molar-refractivity contribution in [3.8, 4) is 5.88 Å². The van der Waals surface area contributed by atoms with Crippen molar-refractivity contribution in [2.45, 2.75) is 13.8 Å². The van der Waals surface area contributed by atoms with E-state index in [2.05, 4.69) is 38.9 Å². The van der Waals surface area contributed by atoms with Crippen molar-refractivity contribution in [1.29, 1.82) is 0 Å². The Bertz CT molecular complexity index is 849. The molecular formula is C17H15BrN2O. The molecule has 0 aliphatic carbocycles. The Labute approximate surface area is 131 Å². The minimum atomic E-state index is 0.136. The number of halogens is 1. The first-order valence-electron chi connectivity index (χ1n) is 6.66. The summed E-state index contributed by atoms with van der Waals surface area (Å²) >= 11 is 3.45. The molecule has 0 amide bonds. The van der Waals surface area contributed by atoms with Crippen LogP contribution in [0.5, 0.6) is 5.88 Å². The first kappa shape index (κ1) is 13.9. The number of nitrogens with zero attached hydrogens (tertiary/aromatic N) is 1. The predicted molar refractivity (Wildman–Crippen MR) is 90.8 cm³/mol. The maximum atomic E-state index is 10.1. The molecule has 3 rings (SSSR count). The van der Waals surface area contributed by atoms with E-state index in [0.29, 0.717) is 5.56 Å². The summed E-state index contributed by atoms with van der Waals surface area (Å²) in [6.07, 6.45) is 1.71. The maximum absolute atomic E-state index is 10.1. The fourth-order valence-electron chi connectivity index (χ4n) is 2.39. The van der Waals surface area contributed by atoms with Crippen molar-refractivity contribution in [3.05, 3.63) is 57.6 Å². The van der Waals surface area contributed by atoms with Gasteiger partial charge in [-0.3, -0.25) is 4.99 Å². The first-order chi connectivity index (χ1) is 10.0. The summed E-state index contributed by atoms with van der Waals surface area (Å²) in [6.45, 7) is 4.09. The third-order valence-electron chi connectivity index (χ3n) is 3.47. The van der Waals surface area contributed by atoms with Gasteiger partial charge in [-0.1, -0.05) is 33.6 Å². The fraction of sp³-hybridized carbons (Fsp3) is 0.118. The third kappa shape index (κ3) is 2.72. The van der Waals surface area contributed by atoms with Gasteiger partial charge in [0.2, 0.25) is 0 Å². The predicted octanol–water partition coefficient (Wildman–Crippen LogP) is 5.00. The lowest BCUT2D eigenvalue weighted by molar-refractivity contribution is 0.457. The number of aromatic hydroxyl groups is 1. The zero-order valence-corrected chi connectivity index (χ0v) is 13.4. The number of benzene rings is 2. The number of H-pyrrole nitrogens is 1. The third-order valence-corrected chi connectivity index (χ3v) is 3.96. The van der Waals surface area contributed by atoms with Crippen LogP contribution < -0.4 is 0 Å². The molecule has 0 spiro atoms. The van der Waals surface area contributed by atoms with Crippen LogP contribution in [-0.4, -0.2) is 16.3 Å². The van der Waals surface area contributed by atoms with Crippen molar-refractivity contribution in [1.82, 2.24) is 4.98 Å². The molecular weight excluding hydrogens is 328 g/mol. The zero-order valence-electron chi connectivity index (χ0n) is 11.8. The Kier molecular flexibility index (Phi) is 3.55. The van der Waals surface area contributed by atoms with Crippen LogP contribution in [0.1, 0.15) is 16.7 Å². The molecule has 3 aromatic rings. The molecule has 0 atom stereocenters. The molecule has 0 bridgehead atoms. The molecule has 0 saturated heterocycles. The normalized spacial score (nSPS) is 11.6. The topological polar surface area (TPSA) is 48.4 Å². The van der Waals surface area contributed by atoms with Gasteiger partial charge in [0, 0.05) is 21.6 Å². The highest BCUT2D eigenvalue weighted by Gasteiger charge is 2.09. The monoisotopic (exact) mass is 342 g/mol. The van der Waals surface area contributed by atoms with E-state index < -0.39 is 0 Å². The van der Waals surface area contributed by atoms with Crippen molar-refractivity contribution in [2.24, 2.45) is 4.99 Å². The van der Waals surface area contributed by atoms with E-state index in [0.717, 1.165) is 26.6 Å². The lowest BCUT2D eigenvalue weighted by Crippen LogP contribution is -1.82. The van der Waals surface area contributed by atoms with E-state index in [9.17, 15) is 5.11 Å². The molecule has 0 fully saturated rings. The number of fused-ring (bicyclic) bond motifs is 1. The van der Waals surface area contributed by atoms with E-state index in [1.54, 1.807) is 6.21 Å². The van der Waals surface area contributed by atoms with Crippen LogP contribution in [0.3, 0.4) is 0 Å². The van der Waals surface area contributed by atoms with Gasteiger partial charge in [0.1, 0.15) is 0 Å². The van der Waals surface area contributed by atoms with Crippen molar-refractivity contribution in [3.63, 3.8) is 0 Å². The van der Waals surface area contributed by atoms with Crippen LogP contribution in [0.2, 0.25) is 0 Å². The minimum absolute atomic E-state index is 0.136. The van der Waals surface area contributed by atoms with Gasteiger partial charge in [-0.05, 0) is 43.7 Å². The fourth-order valence-corrected chi connectivity index (χ4v) is 2.75. The molecule has 1 heterocycles. The van der Waals surface area contributed by atoms with Gasteiger partial charge in [0.15, 0.2) is 5.88 Å². The Morgan fingerprint density at radius 1 is 1.14 bits per heavy atom. The number of aromatic nitrogens is 1. The van der Waals surface area contributed by atoms with E-state index in [-0.39, 0.29) is 5.88 Å². The molecule has 2 aromatic carbocycles. The second kappa shape index (κ2) is 5.37. The van der Waals surface area contributed by atoms with Crippen LogP contribution in [0.25, 0.3) is 10.9 Å². The quantitative estimate of drug-likeness (QED) is 0.632. The number of hydrogen-bond acceptors (Lipinski definition) is 2. The summed E-state index contributed by atoms with van der Waals surface area (Å²) in [5.41, 5.74) is 4.82. The molecule has 4 heteroatoms. The number of hydrogen-bond donors (Lipinski definition) is 2. The van der Waals surface area contributed by atoms with E-state index in [1.165, 1.54) is 5.56 Å². The Morgan fingerprint density at radius 2 is 1.95 bits per heavy atom. The molecule has 2 N–H and O–H groups in total. The van der Waals surface area contributed by atoms with Gasteiger partial charge in [-0.25, -0.2) is 0 Å². The van der Waals surface area contributed by atoms with Crippen molar-refractivity contribution < 1.29 is 5.11 Å². The summed E-state index contributed by atoms with van der Waals surface area (Å²) in [4.78, 5) is 7.47. The number of aryl methyl sites for hydroxylation is 2. The summed E-state index contributed by atoms with van der Waals surface area (Å²) in [5.74, 6) is 0.136. The van der Waals surface area contributed by atoms with Gasteiger partial charge in [0.25, 0.3) is 0 Å². The summed E-state index contributed by atoms with van der Waals surface area (Å²) < 4.78 is 0.968. The average Bonchev–Trinajstić information content (AvgIpc) is 2.73. The second-order valence-corrected chi connectivity index (χ2v) is 6.04. The average molecular weight is 343 g/mol.